The van der Waals surface area contributed by atoms with E-state index in [1.165, 1.54) is 4.90 Å². The van der Waals surface area contributed by atoms with Crippen molar-refractivity contribution < 1.29 is 30.3 Å². The first-order valence-corrected chi connectivity index (χ1v) is 10.3. The molecule has 1 aliphatic heterocycles. The minimum absolute atomic E-state index is 0.255. The summed E-state index contributed by atoms with van der Waals surface area (Å²) in [6, 6.07) is 13.3. The summed E-state index contributed by atoms with van der Waals surface area (Å²) >= 11 is 1.67. The molecule has 0 saturated carbocycles. The second kappa shape index (κ2) is 8.51. The Bertz CT molecular complexity index is 809. The fraction of sp³-hybridized carbons (Fsp3) is 0.429. The largest absolute Gasteiger partial charge is 0.394 e. The van der Waals surface area contributed by atoms with Gasteiger partial charge in [0.25, 0.3) is 0 Å². The minimum atomic E-state index is -2.24. The van der Waals surface area contributed by atoms with Crippen LogP contribution in [-0.4, -0.2) is 62.8 Å². The first-order chi connectivity index (χ1) is 13.3. The number of aryl methyl sites for hydroxylation is 1. The number of rotatable bonds is 5. The monoisotopic (exact) mass is 406 g/mol. The van der Waals surface area contributed by atoms with Crippen LogP contribution >= 0.6 is 11.8 Å². The molecule has 5 N–H and O–H groups in total. The standard InChI is InChI=1S/C21H26O6S/c1-12-3-6-15(10-14(12)9-13-4-7-16(28-2)8-5-13)21(26)20(25)19(24)18(23)17(11-22)27-21/h3-8,10,17-20,22-26H,9,11H2,1-2H3/t17-,18-,19+,20-,21-/m1/s1. The molecule has 28 heavy (non-hydrogen) atoms. The lowest BCUT2D eigenvalue weighted by Gasteiger charge is -2.45. The third kappa shape index (κ3) is 3.97. The molecule has 0 aromatic heterocycles. The van der Waals surface area contributed by atoms with Gasteiger partial charge in [0.1, 0.15) is 24.4 Å². The third-order valence-corrected chi connectivity index (χ3v) is 6.03. The second-order valence-electron chi connectivity index (χ2n) is 7.13. The zero-order chi connectivity index (χ0) is 20.5. The lowest BCUT2D eigenvalue weighted by molar-refractivity contribution is -0.357. The van der Waals surface area contributed by atoms with E-state index in [0.717, 1.165) is 16.7 Å². The Labute approximate surface area is 168 Å². The van der Waals surface area contributed by atoms with Gasteiger partial charge in [-0.1, -0.05) is 24.3 Å². The van der Waals surface area contributed by atoms with E-state index in [9.17, 15) is 25.5 Å². The van der Waals surface area contributed by atoms with E-state index in [1.807, 2.05) is 37.4 Å². The lowest BCUT2D eigenvalue weighted by atomic mass is 9.86. The molecule has 152 valence electrons. The summed E-state index contributed by atoms with van der Waals surface area (Å²) < 4.78 is 5.42. The molecule has 2 aromatic carbocycles. The van der Waals surface area contributed by atoms with Gasteiger partial charge in [0.05, 0.1) is 6.61 Å². The van der Waals surface area contributed by atoms with Gasteiger partial charge in [-0.2, -0.15) is 0 Å². The van der Waals surface area contributed by atoms with Crippen LogP contribution < -0.4 is 0 Å². The third-order valence-electron chi connectivity index (χ3n) is 5.28. The van der Waals surface area contributed by atoms with Crippen LogP contribution in [-0.2, 0) is 16.9 Å². The Morgan fingerprint density at radius 3 is 2.32 bits per heavy atom. The zero-order valence-electron chi connectivity index (χ0n) is 15.8. The molecule has 0 spiro atoms. The van der Waals surface area contributed by atoms with Crippen LogP contribution in [0, 0.1) is 6.92 Å². The van der Waals surface area contributed by atoms with Crippen LogP contribution in [0.15, 0.2) is 47.4 Å². The molecule has 2 aromatic rings. The quantitative estimate of drug-likeness (QED) is 0.470. The SMILES string of the molecule is CSc1ccc(Cc2cc([C@@]3(O)O[C@H](CO)[C@@H](O)[C@H](O)[C@H]3O)ccc2C)cc1. The van der Waals surface area contributed by atoms with Crippen LogP contribution in [0.25, 0.3) is 0 Å². The molecule has 0 bridgehead atoms. The van der Waals surface area contributed by atoms with E-state index in [2.05, 4.69) is 0 Å². The maximum atomic E-state index is 11.0. The van der Waals surface area contributed by atoms with Crippen LogP contribution in [0.4, 0.5) is 0 Å². The van der Waals surface area contributed by atoms with Crippen molar-refractivity contribution in [1.82, 2.24) is 0 Å². The minimum Gasteiger partial charge on any atom is -0.394 e. The van der Waals surface area contributed by atoms with Crippen molar-refractivity contribution in [3.63, 3.8) is 0 Å². The van der Waals surface area contributed by atoms with Gasteiger partial charge in [-0.3, -0.25) is 0 Å². The predicted octanol–water partition coefficient (Wildman–Crippen LogP) is 0.927. The molecule has 0 unspecified atom stereocenters. The molecule has 1 saturated heterocycles. The number of benzene rings is 2. The van der Waals surface area contributed by atoms with Gasteiger partial charge in [-0.25, -0.2) is 0 Å². The van der Waals surface area contributed by atoms with Gasteiger partial charge in [0.2, 0.25) is 5.79 Å². The van der Waals surface area contributed by atoms with Crippen LogP contribution in [0.5, 0.6) is 0 Å². The number of aliphatic hydroxyl groups is 5. The lowest BCUT2D eigenvalue weighted by Crippen LogP contribution is -2.63. The molecule has 1 fully saturated rings. The molecule has 1 heterocycles. The fourth-order valence-corrected chi connectivity index (χ4v) is 3.85. The Morgan fingerprint density at radius 2 is 1.71 bits per heavy atom. The highest BCUT2D eigenvalue weighted by Crippen LogP contribution is 2.37. The second-order valence-corrected chi connectivity index (χ2v) is 8.01. The van der Waals surface area contributed by atoms with Gasteiger partial charge in [0, 0.05) is 10.5 Å². The number of hydrogen-bond acceptors (Lipinski definition) is 7. The van der Waals surface area contributed by atoms with Crippen molar-refractivity contribution in [2.45, 2.75) is 48.4 Å². The molecular weight excluding hydrogens is 380 g/mol. The van der Waals surface area contributed by atoms with Crippen molar-refractivity contribution in [3.05, 3.63) is 64.7 Å². The summed E-state index contributed by atoms with van der Waals surface area (Å²) in [5.41, 5.74) is 3.29. The normalized spacial score (nSPS) is 30.4. The molecule has 1 aliphatic rings. The van der Waals surface area contributed by atoms with E-state index in [4.69, 9.17) is 4.74 Å². The summed E-state index contributed by atoms with van der Waals surface area (Å²) in [7, 11) is 0. The average Bonchev–Trinajstić information content (AvgIpc) is 2.71. The van der Waals surface area contributed by atoms with Gasteiger partial charge < -0.3 is 30.3 Å². The molecule has 0 radical (unpaired) electrons. The zero-order valence-corrected chi connectivity index (χ0v) is 16.6. The Kier molecular flexibility index (Phi) is 6.46. The van der Waals surface area contributed by atoms with Gasteiger partial charge in [0.15, 0.2) is 0 Å². The van der Waals surface area contributed by atoms with Crippen molar-refractivity contribution >= 4 is 11.8 Å². The number of ether oxygens (including phenoxy) is 1. The molecule has 6 nitrogen and oxygen atoms in total. The first-order valence-electron chi connectivity index (χ1n) is 9.08. The summed E-state index contributed by atoms with van der Waals surface area (Å²) in [4.78, 5) is 1.17. The average molecular weight is 407 g/mol. The van der Waals surface area contributed by atoms with E-state index >= 15 is 0 Å². The number of hydrogen-bond donors (Lipinski definition) is 5. The number of thioether (sulfide) groups is 1. The first kappa shape index (κ1) is 21.3. The topological polar surface area (TPSA) is 110 Å². The van der Waals surface area contributed by atoms with Crippen LogP contribution in [0.3, 0.4) is 0 Å². The van der Waals surface area contributed by atoms with E-state index in [-0.39, 0.29) is 5.56 Å². The maximum Gasteiger partial charge on any atom is 0.222 e. The van der Waals surface area contributed by atoms with E-state index < -0.39 is 36.8 Å². The smallest absolute Gasteiger partial charge is 0.222 e. The molecule has 5 atom stereocenters. The summed E-state index contributed by atoms with van der Waals surface area (Å²) in [5, 5.41) is 50.8. The fourth-order valence-electron chi connectivity index (χ4n) is 3.44. The Morgan fingerprint density at radius 1 is 1.04 bits per heavy atom. The van der Waals surface area contributed by atoms with Gasteiger partial charge in [-0.05, 0) is 54.5 Å². The van der Waals surface area contributed by atoms with Crippen molar-refractivity contribution in [2.75, 3.05) is 12.9 Å². The Hall–Kier alpha value is -1.45. The maximum absolute atomic E-state index is 11.0. The highest BCUT2D eigenvalue weighted by molar-refractivity contribution is 7.98. The molecule has 0 aliphatic carbocycles. The summed E-state index contributed by atoms with van der Waals surface area (Å²) in [6.07, 6.45) is -3.49. The molecule has 0 amide bonds. The van der Waals surface area contributed by atoms with Crippen molar-refractivity contribution in [3.8, 4) is 0 Å². The molecular formula is C21H26O6S. The van der Waals surface area contributed by atoms with Crippen LogP contribution in [0.2, 0.25) is 0 Å². The summed E-state index contributed by atoms with van der Waals surface area (Å²) in [6.45, 7) is 1.35. The van der Waals surface area contributed by atoms with Crippen molar-refractivity contribution in [1.29, 1.82) is 0 Å². The van der Waals surface area contributed by atoms with Crippen LogP contribution in [0.1, 0.15) is 22.3 Å². The van der Waals surface area contributed by atoms with E-state index in [1.54, 1.807) is 30.0 Å². The van der Waals surface area contributed by atoms with E-state index in [0.29, 0.717) is 6.42 Å². The number of aliphatic hydroxyl groups excluding tert-OH is 4. The van der Waals surface area contributed by atoms with Crippen molar-refractivity contribution in [2.24, 2.45) is 0 Å². The predicted molar refractivity (Wildman–Crippen MR) is 106 cm³/mol. The highest BCUT2D eigenvalue weighted by atomic mass is 32.2. The Balaban J connectivity index is 1.92. The molecule has 3 rings (SSSR count). The highest BCUT2D eigenvalue weighted by Gasteiger charge is 2.53. The summed E-state index contributed by atoms with van der Waals surface area (Å²) in [5.74, 6) is -2.24. The molecule has 7 heteroatoms. The van der Waals surface area contributed by atoms with Gasteiger partial charge >= 0.3 is 0 Å². The van der Waals surface area contributed by atoms with Gasteiger partial charge in [-0.15, -0.1) is 11.8 Å².